The first kappa shape index (κ1) is 20.4. The second-order valence-corrected chi connectivity index (χ2v) is 7.08. The monoisotopic (exact) mass is 438 g/mol. The van der Waals surface area contributed by atoms with Gasteiger partial charge in [0.1, 0.15) is 5.15 Å². The van der Waals surface area contributed by atoms with E-state index in [1.165, 1.54) is 27.5 Å². The zero-order valence-corrected chi connectivity index (χ0v) is 16.4. The number of benzene rings is 1. The average Bonchev–Trinajstić information content (AvgIpc) is 3.14. The summed E-state index contributed by atoms with van der Waals surface area (Å²) in [6.45, 7) is 2.06. The number of aromatic nitrogens is 3. The number of hydrogen-bond donors (Lipinski definition) is 1. The molecule has 1 aliphatic rings. The number of aromatic hydroxyl groups is 1. The van der Waals surface area contributed by atoms with Gasteiger partial charge in [-0.05, 0) is 36.8 Å². The van der Waals surface area contributed by atoms with Crippen molar-refractivity contribution in [2.45, 2.75) is 32.5 Å². The van der Waals surface area contributed by atoms with Crippen LogP contribution in [0.25, 0.3) is 11.1 Å². The molecule has 0 fully saturated rings. The highest BCUT2D eigenvalue weighted by Crippen LogP contribution is 2.34. The zero-order chi connectivity index (χ0) is 21.6. The number of fused-ring (bicyclic) bond motifs is 1. The predicted molar refractivity (Wildman–Crippen MR) is 101 cm³/mol. The molecular weight excluding hydrogens is 423 g/mol. The van der Waals surface area contributed by atoms with Crippen molar-refractivity contribution in [1.82, 2.24) is 9.55 Å². The van der Waals surface area contributed by atoms with Crippen molar-refractivity contribution in [2.75, 3.05) is 0 Å². The normalized spacial score (nSPS) is 16.0. The molecule has 3 heterocycles. The first-order valence-corrected chi connectivity index (χ1v) is 9.41. The van der Waals surface area contributed by atoms with E-state index < -0.39 is 29.4 Å². The van der Waals surface area contributed by atoms with Crippen LogP contribution in [0.3, 0.4) is 0 Å². The number of rotatable bonds is 3. The van der Waals surface area contributed by atoms with Crippen LogP contribution in [0.15, 0.2) is 47.4 Å². The van der Waals surface area contributed by atoms with Gasteiger partial charge in [0.25, 0.3) is 11.7 Å². The molecule has 4 rings (SSSR count). The quantitative estimate of drug-likeness (QED) is 0.500. The van der Waals surface area contributed by atoms with Crippen molar-refractivity contribution in [3.8, 4) is 17.0 Å². The standard InChI is InChI=1S/C20H15ClF3N3O3/c1-2-26-15-10-30-19(12-6-7-14(21)25-9-12)27(15)18(29)16(17(26)28)11-4-3-5-13(8-11)20(22,23)24/h3-9,19H,2,10H2,1H3/p+1. The molecule has 1 atom stereocenters. The molecule has 10 heteroatoms. The first-order chi connectivity index (χ1) is 14.2. The van der Waals surface area contributed by atoms with E-state index in [1.807, 2.05) is 0 Å². The average molecular weight is 439 g/mol. The third-order valence-electron chi connectivity index (χ3n) is 4.94. The van der Waals surface area contributed by atoms with Crippen molar-refractivity contribution in [3.63, 3.8) is 0 Å². The maximum absolute atomic E-state index is 13.3. The lowest BCUT2D eigenvalue weighted by Crippen LogP contribution is -2.55. The Morgan fingerprint density at radius 3 is 2.73 bits per heavy atom. The number of nitrogens with zero attached hydrogens (tertiary/aromatic N) is 3. The van der Waals surface area contributed by atoms with Gasteiger partial charge in [-0.1, -0.05) is 23.7 Å². The third kappa shape index (κ3) is 3.33. The maximum atomic E-state index is 13.3. The molecule has 1 aliphatic heterocycles. The second kappa shape index (κ2) is 7.41. The van der Waals surface area contributed by atoms with Crippen molar-refractivity contribution >= 4 is 11.6 Å². The smallest absolute Gasteiger partial charge is 0.416 e. The van der Waals surface area contributed by atoms with Crippen molar-refractivity contribution in [1.29, 1.82) is 0 Å². The molecule has 0 amide bonds. The van der Waals surface area contributed by atoms with Crippen LogP contribution in [0.4, 0.5) is 13.2 Å². The molecule has 0 spiro atoms. The highest BCUT2D eigenvalue weighted by atomic mass is 35.5. The first-order valence-electron chi connectivity index (χ1n) is 9.03. The third-order valence-corrected chi connectivity index (χ3v) is 5.16. The van der Waals surface area contributed by atoms with Gasteiger partial charge in [0.05, 0.1) is 12.1 Å². The Kier molecular flexibility index (Phi) is 5.03. The molecule has 1 N–H and O–H groups in total. The minimum Gasteiger partial charge on any atom is -0.477 e. The van der Waals surface area contributed by atoms with Crippen LogP contribution in [-0.2, 0) is 24.1 Å². The summed E-state index contributed by atoms with van der Waals surface area (Å²) in [7, 11) is 0. The summed E-state index contributed by atoms with van der Waals surface area (Å²) in [6.07, 6.45) is -3.97. The summed E-state index contributed by atoms with van der Waals surface area (Å²) in [4.78, 5) is 17.3. The van der Waals surface area contributed by atoms with Gasteiger partial charge in [0.15, 0.2) is 12.2 Å². The van der Waals surface area contributed by atoms with Gasteiger partial charge in [-0.2, -0.15) is 22.3 Å². The molecule has 0 aliphatic carbocycles. The molecule has 0 radical (unpaired) electrons. The number of pyridine rings is 1. The fourth-order valence-corrected chi connectivity index (χ4v) is 3.66. The van der Waals surface area contributed by atoms with E-state index in [0.29, 0.717) is 11.4 Å². The molecular formula is C20H16ClF3N3O3+. The van der Waals surface area contributed by atoms with E-state index in [0.717, 1.165) is 12.1 Å². The SMILES string of the molecule is CCn1c(O)c(-c2cccc(C(F)(F)F)c2)c(=O)[n+]2c1COC2c1ccc(Cl)nc1. The van der Waals surface area contributed by atoms with Gasteiger partial charge in [-0.3, -0.25) is 0 Å². The lowest BCUT2D eigenvalue weighted by atomic mass is 10.0. The summed E-state index contributed by atoms with van der Waals surface area (Å²) < 4.78 is 48.1. The van der Waals surface area contributed by atoms with E-state index in [2.05, 4.69) is 4.98 Å². The maximum Gasteiger partial charge on any atom is 0.416 e. The summed E-state index contributed by atoms with van der Waals surface area (Å²) in [5.41, 5.74) is -1.30. The molecule has 30 heavy (non-hydrogen) atoms. The van der Waals surface area contributed by atoms with Crippen LogP contribution in [0.5, 0.6) is 5.88 Å². The van der Waals surface area contributed by atoms with Crippen molar-refractivity contribution < 1.29 is 27.6 Å². The van der Waals surface area contributed by atoms with Crippen LogP contribution >= 0.6 is 11.6 Å². The van der Waals surface area contributed by atoms with Crippen LogP contribution in [0.1, 0.15) is 30.1 Å². The molecule has 3 aromatic rings. The van der Waals surface area contributed by atoms with E-state index in [-0.39, 0.29) is 29.4 Å². The van der Waals surface area contributed by atoms with Gasteiger partial charge in [0, 0.05) is 11.8 Å². The number of hydrogen-bond acceptors (Lipinski definition) is 4. The van der Waals surface area contributed by atoms with Crippen LogP contribution < -0.4 is 10.1 Å². The topological polar surface area (TPSA) is 68.2 Å². The van der Waals surface area contributed by atoms with Gasteiger partial charge >= 0.3 is 11.7 Å². The molecule has 0 saturated heterocycles. The van der Waals surface area contributed by atoms with Crippen molar-refractivity contribution in [2.24, 2.45) is 0 Å². The molecule has 1 aromatic carbocycles. The minimum atomic E-state index is -4.58. The molecule has 1 unspecified atom stereocenters. The Labute approximate surface area is 173 Å². The second-order valence-electron chi connectivity index (χ2n) is 6.69. The fourth-order valence-electron chi connectivity index (χ4n) is 3.55. The summed E-state index contributed by atoms with van der Waals surface area (Å²) in [5, 5.41) is 11.0. The minimum absolute atomic E-state index is 0.0345. The predicted octanol–water partition coefficient (Wildman–Crippen LogP) is 3.67. The van der Waals surface area contributed by atoms with Gasteiger partial charge in [-0.15, -0.1) is 0 Å². The Morgan fingerprint density at radius 2 is 2.10 bits per heavy atom. The van der Waals surface area contributed by atoms with Crippen LogP contribution in [0, 0.1) is 0 Å². The van der Waals surface area contributed by atoms with Gasteiger partial charge < -0.3 is 9.84 Å². The lowest BCUT2D eigenvalue weighted by Gasteiger charge is -2.13. The number of halogens is 4. The Balaban J connectivity index is 1.96. The molecule has 0 saturated carbocycles. The number of alkyl halides is 3. The summed E-state index contributed by atoms with van der Waals surface area (Å²) in [6, 6.07) is 7.50. The Bertz CT molecular complexity index is 1180. The fraction of sp³-hybridized carbons (Fsp3) is 0.250. The molecule has 2 aromatic heterocycles. The van der Waals surface area contributed by atoms with E-state index in [1.54, 1.807) is 19.1 Å². The van der Waals surface area contributed by atoms with Crippen molar-refractivity contribution in [3.05, 3.63) is 75.1 Å². The van der Waals surface area contributed by atoms with E-state index in [4.69, 9.17) is 16.3 Å². The molecule has 156 valence electrons. The summed E-state index contributed by atoms with van der Waals surface area (Å²) in [5.74, 6) is -0.0118. The van der Waals surface area contributed by atoms with Gasteiger partial charge in [0.2, 0.25) is 6.23 Å². The van der Waals surface area contributed by atoms with Crippen LogP contribution in [-0.4, -0.2) is 14.7 Å². The highest BCUT2D eigenvalue weighted by Gasteiger charge is 2.40. The highest BCUT2D eigenvalue weighted by molar-refractivity contribution is 6.29. The van der Waals surface area contributed by atoms with E-state index in [9.17, 15) is 23.1 Å². The molecule has 6 nitrogen and oxygen atoms in total. The molecule has 0 bridgehead atoms. The largest absolute Gasteiger partial charge is 0.477 e. The van der Waals surface area contributed by atoms with E-state index >= 15 is 0 Å². The Hall–Kier alpha value is -2.91. The van der Waals surface area contributed by atoms with Crippen LogP contribution in [0.2, 0.25) is 5.15 Å². The summed E-state index contributed by atoms with van der Waals surface area (Å²) >= 11 is 5.83. The Morgan fingerprint density at radius 1 is 1.33 bits per heavy atom. The van der Waals surface area contributed by atoms with Gasteiger partial charge in [-0.25, -0.2) is 9.78 Å². The zero-order valence-electron chi connectivity index (χ0n) is 15.7. The number of ether oxygens (including phenoxy) is 1. The lowest BCUT2D eigenvalue weighted by molar-refractivity contribution is -0.748.